The standard InChI is InChI=1S/C17H21Cl2N3O3/c1-21-6-11-7-22(13(8-21)10-25-9-11)16(23)5-20-17(24)14-4-12(18)2-3-15(14)19/h2-4,11,13H,5-10H2,1H3,(H,20,24)/t11-,13-/m0/s1. The molecule has 0 saturated carbocycles. The smallest absolute Gasteiger partial charge is 0.253 e. The van der Waals surface area contributed by atoms with Crippen molar-refractivity contribution in [1.29, 1.82) is 0 Å². The van der Waals surface area contributed by atoms with E-state index in [0.29, 0.717) is 35.7 Å². The molecule has 25 heavy (non-hydrogen) atoms. The van der Waals surface area contributed by atoms with Gasteiger partial charge in [-0.15, -0.1) is 0 Å². The van der Waals surface area contributed by atoms with E-state index in [1.807, 2.05) is 4.90 Å². The fourth-order valence-electron chi connectivity index (χ4n) is 3.41. The second kappa shape index (κ2) is 7.91. The van der Waals surface area contributed by atoms with E-state index in [4.69, 9.17) is 27.9 Å². The van der Waals surface area contributed by atoms with Crippen molar-refractivity contribution in [2.75, 3.05) is 46.4 Å². The summed E-state index contributed by atoms with van der Waals surface area (Å²) in [5.74, 6) is -0.228. The van der Waals surface area contributed by atoms with Gasteiger partial charge in [0, 0.05) is 30.6 Å². The van der Waals surface area contributed by atoms with Crippen molar-refractivity contribution in [3.05, 3.63) is 33.8 Å². The van der Waals surface area contributed by atoms with E-state index in [9.17, 15) is 9.59 Å². The van der Waals surface area contributed by atoms with Crippen LogP contribution in [-0.4, -0.2) is 74.1 Å². The second-order valence-electron chi connectivity index (χ2n) is 6.63. The molecular formula is C17H21Cl2N3O3. The first-order valence-corrected chi connectivity index (χ1v) is 8.98. The molecule has 2 amide bonds. The summed E-state index contributed by atoms with van der Waals surface area (Å²) in [6.45, 7) is 3.45. The first kappa shape index (κ1) is 18.5. The summed E-state index contributed by atoms with van der Waals surface area (Å²) >= 11 is 11.9. The van der Waals surface area contributed by atoms with Crippen LogP contribution in [-0.2, 0) is 9.53 Å². The quantitative estimate of drug-likeness (QED) is 0.856. The molecule has 0 spiro atoms. The minimum atomic E-state index is -0.410. The zero-order valence-corrected chi connectivity index (χ0v) is 15.5. The first-order chi connectivity index (χ1) is 11.9. The van der Waals surface area contributed by atoms with Crippen LogP contribution in [0.25, 0.3) is 0 Å². The van der Waals surface area contributed by atoms with E-state index in [-0.39, 0.29) is 24.1 Å². The summed E-state index contributed by atoms with van der Waals surface area (Å²) in [6.07, 6.45) is 0. The zero-order valence-electron chi connectivity index (χ0n) is 14.0. The number of nitrogens with one attached hydrogen (secondary N) is 1. The predicted molar refractivity (Wildman–Crippen MR) is 96.1 cm³/mol. The van der Waals surface area contributed by atoms with E-state index in [0.717, 1.165) is 13.1 Å². The van der Waals surface area contributed by atoms with Gasteiger partial charge in [-0.05, 0) is 25.2 Å². The molecule has 0 unspecified atom stereocenters. The number of hydrogen-bond acceptors (Lipinski definition) is 4. The van der Waals surface area contributed by atoms with Crippen LogP contribution in [0.4, 0.5) is 0 Å². The molecule has 136 valence electrons. The Hall–Kier alpha value is -1.34. The summed E-state index contributed by atoms with van der Waals surface area (Å²) in [4.78, 5) is 29.0. The Bertz CT molecular complexity index is 671. The number of halogens is 2. The molecule has 0 radical (unpaired) electrons. The molecule has 2 saturated heterocycles. The molecule has 6 nitrogen and oxygen atoms in total. The maximum atomic E-state index is 12.7. The third kappa shape index (κ3) is 4.44. The number of likely N-dealkylation sites (N-methyl/N-ethyl adjacent to an activating group) is 1. The average Bonchev–Trinajstić information content (AvgIpc) is 2.84. The maximum Gasteiger partial charge on any atom is 0.253 e. The lowest BCUT2D eigenvalue weighted by molar-refractivity contribution is -0.132. The number of hydrogen-bond donors (Lipinski definition) is 1. The number of carbonyl (C=O) groups is 2. The molecule has 2 aliphatic heterocycles. The van der Waals surface area contributed by atoms with Crippen LogP contribution in [0.3, 0.4) is 0 Å². The summed E-state index contributed by atoms with van der Waals surface area (Å²) < 4.78 is 5.67. The normalized spacial score (nSPS) is 23.9. The molecule has 2 atom stereocenters. The van der Waals surface area contributed by atoms with Crippen molar-refractivity contribution in [1.82, 2.24) is 15.1 Å². The van der Waals surface area contributed by atoms with Crippen molar-refractivity contribution in [3.8, 4) is 0 Å². The fraction of sp³-hybridized carbons (Fsp3) is 0.529. The van der Waals surface area contributed by atoms with E-state index >= 15 is 0 Å². The Kier molecular flexibility index (Phi) is 5.84. The van der Waals surface area contributed by atoms with Crippen LogP contribution < -0.4 is 5.32 Å². The van der Waals surface area contributed by atoms with Gasteiger partial charge in [-0.25, -0.2) is 0 Å². The van der Waals surface area contributed by atoms with Gasteiger partial charge in [0.1, 0.15) is 0 Å². The highest BCUT2D eigenvalue weighted by Gasteiger charge is 2.34. The number of rotatable bonds is 3. The lowest BCUT2D eigenvalue weighted by Gasteiger charge is -2.29. The Labute approximate surface area is 157 Å². The van der Waals surface area contributed by atoms with Gasteiger partial charge in [0.05, 0.1) is 36.4 Å². The van der Waals surface area contributed by atoms with Crippen LogP contribution in [0, 0.1) is 5.92 Å². The van der Waals surface area contributed by atoms with E-state index in [2.05, 4.69) is 17.3 Å². The topological polar surface area (TPSA) is 61.9 Å². The van der Waals surface area contributed by atoms with Gasteiger partial charge in [-0.3, -0.25) is 9.59 Å². The molecule has 2 bridgehead atoms. The van der Waals surface area contributed by atoms with Gasteiger partial charge in [0.15, 0.2) is 0 Å². The molecule has 8 heteroatoms. The van der Waals surface area contributed by atoms with Crippen LogP contribution in [0.1, 0.15) is 10.4 Å². The van der Waals surface area contributed by atoms with Crippen LogP contribution >= 0.6 is 23.2 Å². The lowest BCUT2D eigenvalue weighted by Crippen LogP contribution is -2.49. The van der Waals surface area contributed by atoms with E-state index in [1.54, 1.807) is 12.1 Å². The molecular weight excluding hydrogens is 365 g/mol. The highest BCUT2D eigenvalue weighted by Crippen LogP contribution is 2.21. The van der Waals surface area contributed by atoms with Gasteiger partial charge in [-0.2, -0.15) is 0 Å². The number of nitrogens with zero attached hydrogens (tertiary/aromatic N) is 2. The third-order valence-electron chi connectivity index (χ3n) is 4.55. The number of benzene rings is 1. The number of amides is 2. The van der Waals surface area contributed by atoms with Gasteiger partial charge in [0.25, 0.3) is 5.91 Å². The van der Waals surface area contributed by atoms with Gasteiger partial charge >= 0.3 is 0 Å². The molecule has 2 heterocycles. The average molecular weight is 386 g/mol. The van der Waals surface area contributed by atoms with Crippen molar-refractivity contribution >= 4 is 35.0 Å². The molecule has 2 aliphatic rings. The van der Waals surface area contributed by atoms with Gasteiger partial charge in [0.2, 0.25) is 5.91 Å². The number of ether oxygens (including phenoxy) is 1. The minimum Gasteiger partial charge on any atom is -0.379 e. The van der Waals surface area contributed by atoms with Crippen LogP contribution in [0.2, 0.25) is 10.0 Å². The van der Waals surface area contributed by atoms with Gasteiger partial charge in [-0.1, -0.05) is 23.2 Å². The fourth-order valence-corrected chi connectivity index (χ4v) is 3.78. The lowest BCUT2D eigenvalue weighted by atomic mass is 10.1. The summed E-state index contributed by atoms with van der Waals surface area (Å²) in [7, 11) is 2.06. The van der Waals surface area contributed by atoms with E-state index < -0.39 is 5.91 Å². The Morgan fingerprint density at radius 1 is 1.24 bits per heavy atom. The molecule has 1 N–H and O–H groups in total. The Morgan fingerprint density at radius 2 is 2.04 bits per heavy atom. The summed E-state index contributed by atoms with van der Waals surface area (Å²) in [5.41, 5.74) is 0.264. The number of fused-ring (bicyclic) bond motifs is 3. The minimum absolute atomic E-state index is 0.0108. The Morgan fingerprint density at radius 3 is 2.84 bits per heavy atom. The molecule has 0 aliphatic carbocycles. The van der Waals surface area contributed by atoms with Gasteiger partial charge < -0.3 is 19.9 Å². The van der Waals surface area contributed by atoms with Crippen LogP contribution in [0.5, 0.6) is 0 Å². The largest absolute Gasteiger partial charge is 0.379 e. The summed E-state index contributed by atoms with van der Waals surface area (Å²) in [6, 6.07) is 4.67. The summed E-state index contributed by atoms with van der Waals surface area (Å²) in [5, 5.41) is 3.37. The molecule has 3 rings (SSSR count). The molecule has 1 aromatic rings. The SMILES string of the molecule is CN1C[C@@H]2COC[C@H](C1)N(C(=O)CNC(=O)c1cc(Cl)ccc1Cl)C2. The maximum absolute atomic E-state index is 12.7. The monoisotopic (exact) mass is 385 g/mol. The van der Waals surface area contributed by atoms with E-state index in [1.165, 1.54) is 6.07 Å². The second-order valence-corrected chi connectivity index (χ2v) is 7.48. The third-order valence-corrected chi connectivity index (χ3v) is 5.11. The zero-order chi connectivity index (χ0) is 18.0. The first-order valence-electron chi connectivity index (χ1n) is 8.23. The van der Waals surface area contributed by atoms with Crippen molar-refractivity contribution in [2.45, 2.75) is 6.04 Å². The molecule has 2 fully saturated rings. The van der Waals surface area contributed by atoms with Crippen molar-refractivity contribution < 1.29 is 14.3 Å². The highest BCUT2D eigenvalue weighted by atomic mass is 35.5. The van der Waals surface area contributed by atoms with Crippen LogP contribution in [0.15, 0.2) is 18.2 Å². The molecule has 1 aromatic carbocycles. The van der Waals surface area contributed by atoms with Crippen molar-refractivity contribution in [3.63, 3.8) is 0 Å². The number of carbonyl (C=O) groups excluding carboxylic acids is 2. The Balaban J connectivity index is 1.64. The molecule has 0 aromatic heterocycles. The predicted octanol–water partition coefficient (Wildman–Crippen LogP) is 1.51. The van der Waals surface area contributed by atoms with Crippen molar-refractivity contribution in [2.24, 2.45) is 5.92 Å². The highest BCUT2D eigenvalue weighted by molar-refractivity contribution is 6.35.